The molecule has 1 unspecified atom stereocenters. The Labute approximate surface area is 80.3 Å². The third-order valence-electron chi connectivity index (χ3n) is 1.75. The van der Waals surface area contributed by atoms with Gasteiger partial charge < -0.3 is 16.4 Å². The van der Waals surface area contributed by atoms with E-state index < -0.39 is 0 Å². The molecule has 0 saturated carbocycles. The van der Waals surface area contributed by atoms with Gasteiger partial charge in [0.1, 0.15) is 0 Å². The number of nitrogens with one attached hydrogen (secondary N) is 2. The number of hydrogen-bond acceptors (Lipinski definition) is 3. The molecule has 4 nitrogen and oxygen atoms in total. The lowest BCUT2D eigenvalue weighted by Gasteiger charge is -2.11. The largest absolute Gasteiger partial charge is 0.356 e. The van der Waals surface area contributed by atoms with Crippen LogP contribution in [0.4, 0.5) is 0 Å². The summed E-state index contributed by atoms with van der Waals surface area (Å²) in [5, 5.41) is 6.00. The molecule has 78 valence electrons. The first kappa shape index (κ1) is 12.4. The summed E-state index contributed by atoms with van der Waals surface area (Å²) >= 11 is 0. The third kappa shape index (κ3) is 7.74. The third-order valence-corrected chi connectivity index (χ3v) is 1.75. The molecule has 0 aliphatic carbocycles. The van der Waals surface area contributed by atoms with E-state index in [0.29, 0.717) is 19.5 Å². The minimum atomic E-state index is 0.0990. The first-order chi connectivity index (χ1) is 6.20. The number of carbonyl (C=O) groups excluding carboxylic acids is 1. The lowest BCUT2D eigenvalue weighted by molar-refractivity contribution is -0.121. The van der Waals surface area contributed by atoms with Crippen LogP contribution in [0.5, 0.6) is 0 Å². The summed E-state index contributed by atoms with van der Waals surface area (Å²) in [4.78, 5) is 11.2. The average Bonchev–Trinajstić information content (AvgIpc) is 2.05. The second-order valence-electron chi connectivity index (χ2n) is 3.16. The molecule has 1 amide bonds. The normalized spacial score (nSPS) is 12.5. The van der Waals surface area contributed by atoms with Gasteiger partial charge in [-0.05, 0) is 26.4 Å². The van der Waals surface area contributed by atoms with Crippen LogP contribution in [0.3, 0.4) is 0 Å². The van der Waals surface area contributed by atoms with Crippen molar-refractivity contribution >= 4 is 5.91 Å². The molecule has 0 aliphatic heterocycles. The van der Waals surface area contributed by atoms with Crippen molar-refractivity contribution in [1.29, 1.82) is 0 Å². The van der Waals surface area contributed by atoms with Crippen molar-refractivity contribution < 1.29 is 4.79 Å². The fraction of sp³-hybridized carbons (Fsp3) is 0.889. The SMILES string of the molecule is CCNC(C)CC(=O)NCCCN. The summed E-state index contributed by atoms with van der Waals surface area (Å²) in [6.45, 7) is 6.25. The van der Waals surface area contributed by atoms with Crippen LogP contribution >= 0.6 is 0 Å². The topological polar surface area (TPSA) is 67.2 Å². The zero-order valence-corrected chi connectivity index (χ0v) is 8.60. The van der Waals surface area contributed by atoms with Crippen LogP contribution in [-0.2, 0) is 4.79 Å². The van der Waals surface area contributed by atoms with Gasteiger partial charge >= 0.3 is 0 Å². The molecule has 0 aromatic carbocycles. The molecule has 0 heterocycles. The quantitative estimate of drug-likeness (QED) is 0.485. The molecule has 1 atom stereocenters. The van der Waals surface area contributed by atoms with Gasteiger partial charge in [0.05, 0.1) is 0 Å². The average molecular weight is 187 g/mol. The highest BCUT2D eigenvalue weighted by Gasteiger charge is 2.06. The Morgan fingerprint density at radius 3 is 2.77 bits per heavy atom. The van der Waals surface area contributed by atoms with Crippen molar-refractivity contribution in [2.45, 2.75) is 32.7 Å². The van der Waals surface area contributed by atoms with Crippen molar-refractivity contribution in [3.05, 3.63) is 0 Å². The first-order valence-corrected chi connectivity index (χ1v) is 4.90. The minimum Gasteiger partial charge on any atom is -0.356 e. The number of carbonyl (C=O) groups is 1. The maximum Gasteiger partial charge on any atom is 0.221 e. The Morgan fingerprint density at radius 2 is 2.23 bits per heavy atom. The number of hydrogen-bond donors (Lipinski definition) is 3. The highest BCUT2D eigenvalue weighted by atomic mass is 16.1. The minimum absolute atomic E-state index is 0.0990. The Morgan fingerprint density at radius 1 is 1.54 bits per heavy atom. The first-order valence-electron chi connectivity index (χ1n) is 4.90. The summed E-state index contributed by atoms with van der Waals surface area (Å²) in [6.07, 6.45) is 1.39. The Balaban J connectivity index is 3.38. The molecule has 0 aromatic heterocycles. The molecule has 0 radical (unpaired) electrons. The van der Waals surface area contributed by atoms with Gasteiger partial charge in [-0.3, -0.25) is 4.79 Å². The summed E-state index contributed by atoms with van der Waals surface area (Å²) in [7, 11) is 0. The standard InChI is InChI=1S/C9H21N3O/c1-3-11-8(2)7-9(13)12-6-4-5-10/h8,11H,3-7,10H2,1-2H3,(H,12,13). The molecule has 0 spiro atoms. The van der Waals surface area contributed by atoms with E-state index in [1.54, 1.807) is 0 Å². The van der Waals surface area contributed by atoms with Gasteiger partial charge in [0.2, 0.25) is 5.91 Å². The summed E-state index contributed by atoms with van der Waals surface area (Å²) in [6, 6.07) is 0.253. The molecule has 0 aromatic rings. The molecular weight excluding hydrogens is 166 g/mol. The highest BCUT2D eigenvalue weighted by molar-refractivity contribution is 5.76. The van der Waals surface area contributed by atoms with Gasteiger partial charge in [-0.1, -0.05) is 6.92 Å². The number of nitrogens with two attached hydrogens (primary N) is 1. The van der Waals surface area contributed by atoms with Crippen molar-refractivity contribution in [1.82, 2.24) is 10.6 Å². The second kappa shape index (κ2) is 8.01. The second-order valence-corrected chi connectivity index (χ2v) is 3.16. The molecule has 13 heavy (non-hydrogen) atoms. The van der Waals surface area contributed by atoms with E-state index in [0.717, 1.165) is 13.0 Å². The van der Waals surface area contributed by atoms with E-state index in [-0.39, 0.29) is 11.9 Å². The monoisotopic (exact) mass is 187 g/mol. The molecule has 0 bridgehead atoms. The molecule has 0 rings (SSSR count). The maximum absolute atomic E-state index is 11.2. The lowest BCUT2D eigenvalue weighted by Crippen LogP contribution is -2.34. The van der Waals surface area contributed by atoms with Gasteiger partial charge in [0.15, 0.2) is 0 Å². The van der Waals surface area contributed by atoms with Crippen LogP contribution < -0.4 is 16.4 Å². The predicted octanol–water partition coefficient (Wildman–Crippen LogP) is -0.160. The zero-order valence-electron chi connectivity index (χ0n) is 8.60. The van der Waals surface area contributed by atoms with Crippen molar-refractivity contribution in [2.24, 2.45) is 5.73 Å². The Bertz CT molecular complexity index is 139. The molecule has 4 N–H and O–H groups in total. The lowest BCUT2D eigenvalue weighted by atomic mass is 10.2. The van der Waals surface area contributed by atoms with E-state index in [1.807, 2.05) is 13.8 Å². The van der Waals surface area contributed by atoms with Gasteiger partial charge in [-0.25, -0.2) is 0 Å². The molecule has 0 fully saturated rings. The van der Waals surface area contributed by atoms with Gasteiger partial charge in [-0.2, -0.15) is 0 Å². The fourth-order valence-corrected chi connectivity index (χ4v) is 1.10. The van der Waals surface area contributed by atoms with Crippen LogP contribution in [-0.4, -0.2) is 31.6 Å². The van der Waals surface area contributed by atoms with Crippen LogP contribution in [0, 0.1) is 0 Å². The van der Waals surface area contributed by atoms with Crippen molar-refractivity contribution in [3.63, 3.8) is 0 Å². The van der Waals surface area contributed by atoms with Crippen molar-refractivity contribution in [3.8, 4) is 0 Å². The summed E-state index contributed by atoms with van der Waals surface area (Å²) in [5.41, 5.74) is 5.30. The van der Waals surface area contributed by atoms with E-state index in [2.05, 4.69) is 10.6 Å². The molecule has 0 aliphatic rings. The smallest absolute Gasteiger partial charge is 0.221 e. The van der Waals surface area contributed by atoms with Gasteiger partial charge in [-0.15, -0.1) is 0 Å². The zero-order chi connectivity index (χ0) is 10.1. The predicted molar refractivity (Wildman–Crippen MR) is 54.4 cm³/mol. The fourth-order valence-electron chi connectivity index (χ4n) is 1.10. The highest BCUT2D eigenvalue weighted by Crippen LogP contribution is 1.89. The molecule has 4 heteroatoms. The summed E-state index contributed by atoms with van der Waals surface area (Å²) in [5.74, 6) is 0.0990. The van der Waals surface area contributed by atoms with Crippen LogP contribution in [0.1, 0.15) is 26.7 Å². The van der Waals surface area contributed by atoms with E-state index in [1.165, 1.54) is 0 Å². The van der Waals surface area contributed by atoms with E-state index in [4.69, 9.17) is 5.73 Å². The maximum atomic E-state index is 11.2. The Hall–Kier alpha value is -0.610. The van der Waals surface area contributed by atoms with E-state index in [9.17, 15) is 4.79 Å². The molecule has 0 saturated heterocycles. The van der Waals surface area contributed by atoms with Gasteiger partial charge in [0, 0.05) is 19.0 Å². The Kier molecular flexibility index (Phi) is 7.63. The van der Waals surface area contributed by atoms with Crippen LogP contribution in [0.15, 0.2) is 0 Å². The van der Waals surface area contributed by atoms with Crippen LogP contribution in [0.2, 0.25) is 0 Å². The number of rotatable bonds is 7. The van der Waals surface area contributed by atoms with E-state index >= 15 is 0 Å². The number of amides is 1. The van der Waals surface area contributed by atoms with Crippen LogP contribution in [0.25, 0.3) is 0 Å². The molecular formula is C9H21N3O. The van der Waals surface area contributed by atoms with Crippen molar-refractivity contribution in [2.75, 3.05) is 19.6 Å². The summed E-state index contributed by atoms with van der Waals surface area (Å²) < 4.78 is 0. The van der Waals surface area contributed by atoms with Gasteiger partial charge in [0.25, 0.3) is 0 Å².